The summed E-state index contributed by atoms with van der Waals surface area (Å²) in [6, 6.07) is 7.31. The molecular weight excluding hydrogens is 190 g/mol. The SMILES string of the molecule is CC(C)CC(=O)OCc1ccc(N)cc1. The lowest BCUT2D eigenvalue weighted by Crippen LogP contribution is -2.07. The maximum absolute atomic E-state index is 11.2. The average Bonchev–Trinajstić information content (AvgIpc) is 2.16. The zero-order chi connectivity index (χ0) is 11.3. The van der Waals surface area contributed by atoms with E-state index in [9.17, 15) is 4.79 Å². The van der Waals surface area contributed by atoms with E-state index in [4.69, 9.17) is 10.5 Å². The molecule has 82 valence electrons. The molecule has 0 saturated heterocycles. The molecule has 2 N–H and O–H groups in total. The Labute approximate surface area is 90.2 Å². The van der Waals surface area contributed by atoms with Gasteiger partial charge in [0.15, 0.2) is 0 Å². The molecule has 0 heterocycles. The number of nitrogens with two attached hydrogens (primary N) is 1. The molecule has 1 aromatic carbocycles. The van der Waals surface area contributed by atoms with Crippen molar-refractivity contribution in [2.24, 2.45) is 5.92 Å². The van der Waals surface area contributed by atoms with Crippen molar-refractivity contribution in [2.45, 2.75) is 26.9 Å². The second kappa shape index (κ2) is 5.39. The van der Waals surface area contributed by atoms with Crippen molar-refractivity contribution >= 4 is 11.7 Å². The van der Waals surface area contributed by atoms with E-state index in [0.717, 1.165) is 5.56 Å². The molecule has 0 unspecified atom stereocenters. The molecule has 0 aliphatic heterocycles. The van der Waals surface area contributed by atoms with Gasteiger partial charge in [0.2, 0.25) is 0 Å². The minimum atomic E-state index is -0.151. The fourth-order valence-corrected chi connectivity index (χ4v) is 1.17. The van der Waals surface area contributed by atoms with Crippen LogP contribution in [0.3, 0.4) is 0 Å². The second-order valence-corrected chi connectivity index (χ2v) is 4.00. The van der Waals surface area contributed by atoms with Crippen molar-refractivity contribution in [1.29, 1.82) is 0 Å². The van der Waals surface area contributed by atoms with Gasteiger partial charge in [0.25, 0.3) is 0 Å². The molecule has 0 saturated carbocycles. The summed E-state index contributed by atoms with van der Waals surface area (Å²) in [7, 11) is 0. The van der Waals surface area contributed by atoms with Gasteiger partial charge in [-0.1, -0.05) is 26.0 Å². The molecular formula is C12H17NO2. The van der Waals surface area contributed by atoms with E-state index >= 15 is 0 Å². The second-order valence-electron chi connectivity index (χ2n) is 4.00. The molecule has 1 aromatic rings. The summed E-state index contributed by atoms with van der Waals surface area (Å²) < 4.78 is 5.10. The van der Waals surface area contributed by atoms with Gasteiger partial charge >= 0.3 is 5.97 Å². The van der Waals surface area contributed by atoms with Gasteiger partial charge in [0, 0.05) is 12.1 Å². The highest BCUT2D eigenvalue weighted by Gasteiger charge is 2.05. The van der Waals surface area contributed by atoms with E-state index in [1.807, 2.05) is 26.0 Å². The molecule has 1 rings (SSSR count). The smallest absolute Gasteiger partial charge is 0.306 e. The molecule has 3 heteroatoms. The lowest BCUT2D eigenvalue weighted by atomic mass is 10.1. The van der Waals surface area contributed by atoms with Crippen molar-refractivity contribution in [3.63, 3.8) is 0 Å². The Morgan fingerprint density at radius 1 is 1.33 bits per heavy atom. The van der Waals surface area contributed by atoms with Gasteiger partial charge in [-0.2, -0.15) is 0 Å². The van der Waals surface area contributed by atoms with Gasteiger partial charge in [-0.05, 0) is 23.6 Å². The maximum atomic E-state index is 11.2. The Bertz CT molecular complexity index is 317. The Hall–Kier alpha value is -1.51. The van der Waals surface area contributed by atoms with Crippen LogP contribution in [0.2, 0.25) is 0 Å². The van der Waals surface area contributed by atoms with Crippen LogP contribution in [0.5, 0.6) is 0 Å². The fraction of sp³-hybridized carbons (Fsp3) is 0.417. The number of benzene rings is 1. The van der Waals surface area contributed by atoms with E-state index in [1.165, 1.54) is 0 Å². The van der Waals surface area contributed by atoms with Crippen LogP contribution in [0, 0.1) is 5.92 Å². The molecule has 0 aromatic heterocycles. The summed E-state index contributed by atoms with van der Waals surface area (Å²) in [6.07, 6.45) is 0.467. The Morgan fingerprint density at radius 2 is 1.93 bits per heavy atom. The summed E-state index contributed by atoms with van der Waals surface area (Å²) in [6.45, 7) is 4.31. The van der Waals surface area contributed by atoms with Gasteiger partial charge in [-0.25, -0.2) is 0 Å². The van der Waals surface area contributed by atoms with Crippen molar-refractivity contribution in [1.82, 2.24) is 0 Å². The topological polar surface area (TPSA) is 52.3 Å². The largest absolute Gasteiger partial charge is 0.461 e. The monoisotopic (exact) mass is 207 g/mol. The predicted octanol–water partition coefficient (Wildman–Crippen LogP) is 2.36. The molecule has 0 fully saturated rings. The lowest BCUT2D eigenvalue weighted by Gasteiger charge is -2.06. The molecule has 0 spiro atoms. The van der Waals surface area contributed by atoms with Gasteiger partial charge in [-0.15, -0.1) is 0 Å². The third-order valence-corrected chi connectivity index (χ3v) is 1.95. The van der Waals surface area contributed by atoms with Crippen LogP contribution >= 0.6 is 0 Å². The highest BCUT2D eigenvalue weighted by atomic mass is 16.5. The summed E-state index contributed by atoms with van der Waals surface area (Å²) in [5.41, 5.74) is 7.22. The quantitative estimate of drug-likeness (QED) is 0.609. The Balaban J connectivity index is 2.37. The number of nitrogen functional groups attached to an aromatic ring is 1. The van der Waals surface area contributed by atoms with Crippen LogP contribution in [0.4, 0.5) is 5.69 Å². The summed E-state index contributed by atoms with van der Waals surface area (Å²) in [5, 5.41) is 0. The minimum Gasteiger partial charge on any atom is -0.461 e. The third-order valence-electron chi connectivity index (χ3n) is 1.95. The van der Waals surface area contributed by atoms with Crippen LogP contribution < -0.4 is 5.73 Å². The first-order chi connectivity index (χ1) is 7.08. The van der Waals surface area contributed by atoms with Gasteiger partial charge in [0.1, 0.15) is 6.61 Å². The highest BCUT2D eigenvalue weighted by Crippen LogP contribution is 2.08. The summed E-state index contributed by atoms with van der Waals surface area (Å²) in [4.78, 5) is 11.2. The number of hydrogen-bond acceptors (Lipinski definition) is 3. The zero-order valence-corrected chi connectivity index (χ0v) is 9.19. The van der Waals surface area contributed by atoms with Crippen LogP contribution in [0.1, 0.15) is 25.8 Å². The highest BCUT2D eigenvalue weighted by molar-refractivity contribution is 5.69. The van der Waals surface area contributed by atoms with Crippen LogP contribution in [0.25, 0.3) is 0 Å². The molecule has 0 atom stereocenters. The van der Waals surface area contributed by atoms with Gasteiger partial charge in [0.05, 0.1) is 0 Å². The Kier molecular flexibility index (Phi) is 4.16. The van der Waals surface area contributed by atoms with Crippen LogP contribution in [-0.4, -0.2) is 5.97 Å². The lowest BCUT2D eigenvalue weighted by molar-refractivity contribution is -0.145. The number of carbonyl (C=O) groups excluding carboxylic acids is 1. The van der Waals surface area contributed by atoms with Crippen molar-refractivity contribution in [3.8, 4) is 0 Å². The van der Waals surface area contributed by atoms with E-state index in [0.29, 0.717) is 24.6 Å². The molecule has 0 amide bonds. The van der Waals surface area contributed by atoms with Crippen molar-refractivity contribution in [3.05, 3.63) is 29.8 Å². The van der Waals surface area contributed by atoms with E-state index in [2.05, 4.69) is 0 Å². The summed E-state index contributed by atoms with van der Waals surface area (Å²) in [5.74, 6) is 0.186. The molecule has 0 aliphatic carbocycles. The number of esters is 1. The van der Waals surface area contributed by atoms with E-state index in [-0.39, 0.29) is 5.97 Å². The first-order valence-corrected chi connectivity index (χ1v) is 5.08. The third kappa shape index (κ3) is 4.49. The first-order valence-electron chi connectivity index (χ1n) is 5.08. The number of ether oxygens (including phenoxy) is 1. The maximum Gasteiger partial charge on any atom is 0.306 e. The predicted molar refractivity (Wildman–Crippen MR) is 60.1 cm³/mol. The first kappa shape index (κ1) is 11.6. The number of anilines is 1. The van der Waals surface area contributed by atoms with Gasteiger partial charge < -0.3 is 10.5 Å². The van der Waals surface area contributed by atoms with E-state index in [1.54, 1.807) is 12.1 Å². The van der Waals surface area contributed by atoms with Gasteiger partial charge in [-0.3, -0.25) is 4.79 Å². The standard InChI is InChI=1S/C12H17NO2/c1-9(2)7-12(14)15-8-10-3-5-11(13)6-4-10/h3-6,9H,7-8,13H2,1-2H3. The average molecular weight is 207 g/mol. The molecule has 15 heavy (non-hydrogen) atoms. The zero-order valence-electron chi connectivity index (χ0n) is 9.19. The van der Waals surface area contributed by atoms with Crippen LogP contribution in [0.15, 0.2) is 24.3 Å². The Morgan fingerprint density at radius 3 is 2.47 bits per heavy atom. The van der Waals surface area contributed by atoms with Crippen LogP contribution in [-0.2, 0) is 16.1 Å². The minimum absolute atomic E-state index is 0.151. The van der Waals surface area contributed by atoms with E-state index < -0.39 is 0 Å². The number of rotatable bonds is 4. The number of carbonyl (C=O) groups is 1. The molecule has 3 nitrogen and oxygen atoms in total. The molecule has 0 bridgehead atoms. The number of hydrogen-bond donors (Lipinski definition) is 1. The molecule has 0 radical (unpaired) electrons. The normalized spacial score (nSPS) is 10.3. The molecule has 0 aliphatic rings. The fourth-order valence-electron chi connectivity index (χ4n) is 1.17. The van der Waals surface area contributed by atoms with Crippen molar-refractivity contribution < 1.29 is 9.53 Å². The van der Waals surface area contributed by atoms with Crippen molar-refractivity contribution in [2.75, 3.05) is 5.73 Å². The summed E-state index contributed by atoms with van der Waals surface area (Å²) >= 11 is 0.